The number of H-pyrrole nitrogens is 1. The molecular weight excluding hydrogens is 813 g/mol. The fraction of sp³-hybridized carbons (Fsp3) is 0.0625. The second kappa shape index (κ2) is 13.1. The van der Waals surface area contributed by atoms with Crippen molar-refractivity contribution in [2.24, 2.45) is 0 Å². The molecule has 15 rings (SSSR count). The fourth-order valence-electron chi connectivity index (χ4n) is 12.7. The van der Waals surface area contributed by atoms with Gasteiger partial charge in [0.2, 0.25) is 0 Å². The minimum Gasteiger partial charge on any atom is -0.454 e. The Morgan fingerprint density at radius 1 is 0.388 bits per heavy atom. The third kappa shape index (κ3) is 4.75. The number of fused-ring (bicyclic) bond motifs is 19. The smallest absolute Gasteiger partial charge is 0.159 e. The molecule has 3 aliphatic carbocycles. The van der Waals surface area contributed by atoms with Crippen LogP contribution in [0.4, 0.5) is 17.1 Å². The molecule has 10 aromatic carbocycles. The van der Waals surface area contributed by atoms with Crippen LogP contribution in [0.5, 0.6) is 0 Å². The van der Waals surface area contributed by atoms with E-state index in [9.17, 15) is 0 Å². The maximum Gasteiger partial charge on any atom is 0.159 e. The van der Waals surface area contributed by atoms with Crippen LogP contribution in [0.3, 0.4) is 0 Å². The fourth-order valence-corrected chi connectivity index (χ4v) is 12.7. The van der Waals surface area contributed by atoms with E-state index in [0.29, 0.717) is 0 Å². The Balaban J connectivity index is 0.929. The molecule has 0 unspecified atom stereocenters. The minimum absolute atomic E-state index is 0.0495. The average Bonchev–Trinajstić information content (AvgIpc) is 4.15. The Morgan fingerprint density at radius 3 is 1.72 bits per heavy atom. The minimum atomic E-state index is -0.462. The zero-order valence-corrected chi connectivity index (χ0v) is 37.1. The van der Waals surface area contributed by atoms with Gasteiger partial charge in [0.05, 0.1) is 16.8 Å². The van der Waals surface area contributed by atoms with Gasteiger partial charge in [-0.15, -0.1) is 0 Å². The second-order valence-electron chi connectivity index (χ2n) is 19.2. The highest BCUT2D eigenvalue weighted by Crippen LogP contribution is 2.65. The third-order valence-corrected chi connectivity index (χ3v) is 15.6. The molecule has 0 radical (unpaired) electrons. The number of rotatable bonds is 4. The van der Waals surface area contributed by atoms with Gasteiger partial charge >= 0.3 is 0 Å². The van der Waals surface area contributed by atoms with Gasteiger partial charge in [-0.1, -0.05) is 172 Å². The van der Waals surface area contributed by atoms with E-state index in [4.69, 9.17) is 4.42 Å². The first-order valence-corrected chi connectivity index (χ1v) is 23.4. The van der Waals surface area contributed by atoms with Gasteiger partial charge in [0.25, 0.3) is 0 Å². The summed E-state index contributed by atoms with van der Waals surface area (Å²) in [7, 11) is 0. The van der Waals surface area contributed by atoms with Gasteiger partial charge in [0.1, 0.15) is 5.58 Å². The number of benzene rings is 10. The number of hydrogen-bond acceptors (Lipinski definition) is 2. The number of hydrogen-bond donors (Lipinski definition) is 1. The number of anilines is 3. The number of nitrogens with one attached hydrogen (secondary N) is 1. The molecule has 3 aliphatic rings. The zero-order chi connectivity index (χ0) is 44.2. The van der Waals surface area contributed by atoms with Crippen molar-refractivity contribution in [1.29, 1.82) is 0 Å². The standard InChI is InChI=1S/C64H42N2O/c1-63(2)50-21-8-3-17-43(50)47-36-49-48-35-39(31-34-56(48)65-57(49)37-55(47)63)38-29-32-40(33-30-38)66(59-27-13-20-45-44-18-7-12-28-60(44)67-62(45)59)58-26-14-25-54-61(58)46-19-6-11-24-53(46)64(54)51-22-9-4-15-41(51)42-16-5-10-23-52(42)64/h3-37,65H,1-2H3. The van der Waals surface area contributed by atoms with E-state index >= 15 is 0 Å². The molecule has 2 aromatic heterocycles. The summed E-state index contributed by atoms with van der Waals surface area (Å²) >= 11 is 0. The molecule has 2 heterocycles. The Morgan fingerprint density at radius 2 is 0.955 bits per heavy atom. The van der Waals surface area contributed by atoms with Crippen molar-refractivity contribution < 1.29 is 4.42 Å². The lowest BCUT2D eigenvalue weighted by molar-refractivity contribution is 0.661. The molecule has 0 fully saturated rings. The number of furan rings is 1. The number of nitrogens with zero attached hydrogens (tertiary/aromatic N) is 1. The lowest BCUT2D eigenvalue weighted by Gasteiger charge is -2.31. The molecule has 12 aromatic rings. The van der Waals surface area contributed by atoms with Gasteiger partial charge in [0, 0.05) is 49.2 Å². The molecule has 67 heavy (non-hydrogen) atoms. The Hall–Kier alpha value is -8.40. The normalized spacial score (nSPS) is 14.4. The van der Waals surface area contributed by atoms with E-state index in [1.54, 1.807) is 0 Å². The summed E-state index contributed by atoms with van der Waals surface area (Å²) in [5.41, 5.74) is 24.9. The first-order chi connectivity index (χ1) is 33.0. The maximum absolute atomic E-state index is 6.86. The average molecular weight is 855 g/mol. The third-order valence-electron chi connectivity index (χ3n) is 15.6. The van der Waals surface area contributed by atoms with Crippen LogP contribution in [-0.4, -0.2) is 4.98 Å². The predicted octanol–water partition coefficient (Wildman–Crippen LogP) is 17.0. The van der Waals surface area contributed by atoms with Gasteiger partial charge < -0.3 is 14.3 Å². The lowest BCUT2D eigenvalue weighted by Crippen LogP contribution is -2.26. The van der Waals surface area contributed by atoms with E-state index in [-0.39, 0.29) is 5.41 Å². The second-order valence-corrected chi connectivity index (χ2v) is 19.2. The Kier molecular flexibility index (Phi) is 7.22. The summed E-state index contributed by atoms with van der Waals surface area (Å²) in [5, 5.41) is 4.71. The lowest BCUT2D eigenvalue weighted by atomic mass is 9.70. The van der Waals surface area contributed by atoms with Crippen LogP contribution in [0.15, 0.2) is 217 Å². The van der Waals surface area contributed by atoms with Gasteiger partial charge in [-0.05, 0) is 127 Å². The van der Waals surface area contributed by atoms with E-state index < -0.39 is 5.41 Å². The van der Waals surface area contributed by atoms with E-state index in [1.807, 2.05) is 0 Å². The summed E-state index contributed by atoms with van der Waals surface area (Å²) in [5.74, 6) is 0. The zero-order valence-electron chi connectivity index (χ0n) is 37.1. The maximum atomic E-state index is 6.86. The Labute approximate surface area is 388 Å². The molecule has 0 saturated carbocycles. The van der Waals surface area contributed by atoms with Crippen LogP contribution in [0.25, 0.3) is 88.3 Å². The monoisotopic (exact) mass is 854 g/mol. The number of aromatic nitrogens is 1. The quantitative estimate of drug-likeness (QED) is 0.191. The molecule has 3 nitrogen and oxygen atoms in total. The van der Waals surface area contributed by atoms with Crippen molar-refractivity contribution in [2.75, 3.05) is 4.90 Å². The van der Waals surface area contributed by atoms with Crippen LogP contribution >= 0.6 is 0 Å². The molecule has 314 valence electrons. The molecule has 0 bridgehead atoms. The van der Waals surface area contributed by atoms with Crippen LogP contribution in [0.2, 0.25) is 0 Å². The SMILES string of the molecule is CC1(C)c2ccccc2-c2cc3c(cc21)[nH]c1ccc(-c2ccc(N(c4cccc5c4-c4ccccc4C54c5ccccc5-c5ccccc54)c4cccc5c4oc4ccccc45)cc2)cc13. The molecule has 0 saturated heterocycles. The Bertz CT molecular complexity index is 4040. The largest absolute Gasteiger partial charge is 0.454 e. The van der Waals surface area contributed by atoms with Gasteiger partial charge in [-0.3, -0.25) is 0 Å². The van der Waals surface area contributed by atoms with Crippen LogP contribution < -0.4 is 4.90 Å². The van der Waals surface area contributed by atoms with Crippen molar-refractivity contribution in [3.8, 4) is 44.5 Å². The van der Waals surface area contributed by atoms with E-state index in [0.717, 1.165) is 50.1 Å². The highest BCUT2D eigenvalue weighted by atomic mass is 16.3. The highest BCUT2D eigenvalue weighted by Gasteiger charge is 2.52. The van der Waals surface area contributed by atoms with Crippen molar-refractivity contribution in [3.05, 3.63) is 246 Å². The molecule has 1 N–H and O–H groups in total. The molecule has 0 atom stereocenters. The summed E-state index contributed by atoms with van der Waals surface area (Å²) in [4.78, 5) is 6.22. The van der Waals surface area contributed by atoms with Crippen LogP contribution in [-0.2, 0) is 10.8 Å². The van der Waals surface area contributed by atoms with Crippen molar-refractivity contribution in [1.82, 2.24) is 4.98 Å². The number of para-hydroxylation sites is 2. The summed E-state index contributed by atoms with van der Waals surface area (Å²) < 4.78 is 6.86. The summed E-state index contributed by atoms with van der Waals surface area (Å²) in [6.07, 6.45) is 0. The topological polar surface area (TPSA) is 32.2 Å². The molecular formula is C64H42N2O. The van der Waals surface area contributed by atoms with Crippen LogP contribution in [0, 0.1) is 0 Å². The van der Waals surface area contributed by atoms with Crippen molar-refractivity contribution in [2.45, 2.75) is 24.7 Å². The predicted molar refractivity (Wildman–Crippen MR) is 277 cm³/mol. The number of aromatic amines is 1. The van der Waals surface area contributed by atoms with E-state index in [2.05, 4.69) is 236 Å². The van der Waals surface area contributed by atoms with Gasteiger partial charge in [0.15, 0.2) is 5.58 Å². The first kappa shape index (κ1) is 36.9. The highest BCUT2D eigenvalue weighted by molar-refractivity contribution is 6.13. The van der Waals surface area contributed by atoms with Gasteiger partial charge in [-0.2, -0.15) is 0 Å². The molecule has 3 heteroatoms. The van der Waals surface area contributed by atoms with Crippen LogP contribution in [0.1, 0.15) is 47.2 Å². The summed E-state index contributed by atoms with van der Waals surface area (Å²) in [6.45, 7) is 4.70. The van der Waals surface area contributed by atoms with E-state index in [1.165, 1.54) is 88.6 Å². The summed E-state index contributed by atoms with van der Waals surface area (Å²) in [6, 6.07) is 78.8. The van der Waals surface area contributed by atoms with Gasteiger partial charge in [-0.25, -0.2) is 0 Å². The molecule has 0 amide bonds. The first-order valence-electron chi connectivity index (χ1n) is 23.4. The van der Waals surface area contributed by atoms with Crippen molar-refractivity contribution in [3.63, 3.8) is 0 Å². The molecule has 0 aliphatic heterocycles. The van der Waals surface area contributed by atoms with Crippen molar-refractivity contribution >= 4 is 60.8 Å². The molecule has 1 spiro atoms.